The van der Waals surface area contributed by atoms with Crippen molar-refractivity contribution >= 4 is 43.5 Å². The van der Waals surface area contributed by atoms with Crippen molar-refractivity contribution in [1.82, 2.24) is 0 Å². The minimum absolute atomic E-state index is 0.221. The molecular weight excluding hydrogens is 393 g/mol. The maximum Gasteiger partial charge on any atom is 0.255 e. The molecule has 0 fully saturated rings. The van der Waals surface area contributed by atoms with Crippen LogP contribution in [0.5, 0.6) is 5.75 Å². The molecule has 104 valence electrons. The lowest BCUT2D eigenvalue weighted by atomic mass is 10.2. The van der Waals surface area contributed by atoms with Crippen LogP contribution < -0.4 is 10.1 Å². The molecule has 3 nitrogen and oxygen atoms in total. The van der Waals surface area contributed by atoms with E-state index in [9.17, 15) is 9.18 Å². The lowest BCUT2D eigenvalue weighted by Gasteiger charge is -2.11. The van der Waals surface area contributed by atoms with Crippen molar-refractivity contribution in [3.8, 4) is 5.75 Å². The Kier molecular flexibility index (Phi) is 4.77. The van der Waals surface area contributed by atoms with Crippen LogP contribution >= 0.6 is 31.9 Å². The quantitative estimate of drug-likeness (QED) is 0.813. The van der Waals surface area contributed by atoms with Gasteiger partial charge in [0.25, 0.3) is 5.91 Å². The number of carbonyl (C=O) groups is 1. The smallest absolute Gasteiger partial charge is 0.255 e. The van der Waals surface area contributed by atoms with E-state index in [1.54, 1.807) is 24.3 Å². The summed E-state index contributed by atoms with van der Waals surface area (Å²) in [5.41, 5.74) is 0.728. The largest absolute Gasteiger partial charge is 0.495 e. The zero-order valence-corrected chi connectivity index (χ0v) is 13.6. The van der Waals surface area contributed by atoms with Crippen molar-refractivity contribution in [2.45, 2.75) is 0 Å². The molecule has 1 N–H and O–H groups in total. The summed E-state index contributed by atoms with van der Waals surface area (Å²) in [6, 6.07) is 9.24. The predicted molar refractivity (Wildman–Crippen MR) is 82.7 cm³/mol. The fourth-order valence-electron chi connectivity index (χ4n) is 1.66. The number of rotatable bonds is 3. The number of carbonyl (C=O) groups excluding carboxylic acids is 1. The van der Waals surface area contributed by atoms with Gasteiger partial charge in [-0.2, -0.15) is 0 Å². The highest BCUT2D eigenvalue weighted by atomic mass is 79.9. The standard InChI is InChI=1S/C14H10Br2FNO2/c1-20-13-3-2-9(15)7-12(13)18-14(19)8-4-10(16)6-11(17)5-8/h2-7H,1H3,(H,18,19). The molecule has 0 bridgehead atoms. The number of methoxy groups -OCH3 is 1. The first-order valence-electron chi connectivity index (χ1n) is 5.60. The molecule has 6 heteroatoms. The maximum absolute atomic E-state index is 13.3. The highest BCUT2D eigenvalue weighted by Gasteiger charge is 2.12. The number of hydrogen-bond donors (Lipinski definition) is 1. The molecule has 1 amide bonds. The van der Waals surface area contributed by atoms with Gasteiger partial charge in [0.1, 0.15) is 11.6 Å². The van der Waals surface area contributed by atoms with Crippen LogP contribution in [0.4, 0.5) is 10.1 Å². The highest BCUT2D eigenvalue weighted by molar-refractivity contribution is 9.10. The first kappa shape index (κ1) is 15.0. The summed E-state index contributed by atoms with van der Waals surface area (Å²) in [6.45, 7) is 0. The Balaban J connectivity index is 2.29. The zero-order chi connectivity index (χ0) is 14.7. The third-order valence-electron chi connectivity index (χ3n) is 2.53. The summed E-state index contributed by atoms with van der Waals surface area (Å²) in [4.78, 5) is 12.1. The van der Waals surface area contributed by atoms with Gasteiger partial charge in [-0.1, -0.05) is 31.9 Å². The van der Waals surface area contributed by atoms with Crippen LogP contribution in [0.25, 0.3) is 0 Å². The van der Waals surface area contributed by atoms with Gasteiger partial charge in [-0.25, -0.2) is 4.39 Å². The lowest BCUT2D eigenvalue weighted by Crippen LogP contribution is -2.13. The molecule has 2 rings (SSSR count). The normalized spacial score (nSPS) is 10.2. The number of ether oxygens (including phenoxy) is 1. The Morgan fingerprint density at radius 3 is 2.55 bits per heavy atom. The first-order chi connectivity index (χ1) is 9.49. The van der Waals surface area contributed by atoms with Crippen LogP contribution in [-0.2, 0) is 0 Å². The van der Waals surface area contributed by atoms with Crippen LogP contribution in [0.3, 0.4) is 0 Å². The fraction of sp³-hybridized carbons (Fsp3) is 0.0714. The minimum Gasteiger partial charge on any atom is -0.495 e. The van der Waals surface area contributed by atoms with Crippen LogP contribution in [0.1, 0.15) is 10.4 Å². The number of halogens is 3. The summed E-state index contributed by atoms with van der Waals surface area (Å²) < 4.78 is 19.8. The van der Waals surface area contributed by atoms with E-state index in [4.69, 9.17) is 4.74 Å². The van der Waals surface area contributed by atoms with Gasteiger partial charge in [0.15, 0.2) is 0 Å². The Morgan fingerprint density at radius 2 is 1.90 bits per heavy atom. The van der Waals surface area contributed by atoms with Crippen molar-refractivity contribution in [2.75, 3.05) is 12.4 Å². The molecule has 0 saturated carbocycles. The summed E-state index contributed by atoms with van der Waals surface area (Å²) in [7, 11) is 1.51. The molecule has 20 heavy (non-hydrogen) atoms. The second-order valence-corrected chi connectivity index (χ2v) is 5.79. The van der Waals surface area contributed by atoms with Gasteiger partial charge < -0.3 is 10.1 Å². The Hall–Kier alpha value is -1.40. The van der Waals surface area contributed by atoms with E-state index in [1.165, 1.54) is 19.2 Å². The van der Waals surface area contributed by atoms with E-state index in [-0.39, 0.29) is 5.56 Å². The average molecular weight is 403 g/mol. The molecule has 0 saturated heterocycles. The van der Waals surface area contributed by atoms with Crippen molar-refractivity contribution in [3.05, 3.63) is 56.7 Å². The molecule has 0 aliphatic heterocycles. The van der Waals surface area contributed by atoms with Crippen LogP contribution in [0.15, 0.2) is 45.3 Å². The SMILES string of the molecule is COc1ccc(Br)cc1NC(=O)c1cc(F)cc(Br)c1. The van der Waals surface area contributed by atoms with Gasteiger partial charge in [0, 0.05) is 14.5 Å². The molecule has 0 spiro atoms. The summed E-state index contributed by atoms with van der Waals surface area (Å²) in [5.74, 6) is -0.371. The van der Waals surface area contributed by atoms with Gasteiger partial charge in [0.05, 0.1) is 12.8 Å². The third kappa shape index (κ3) is 3.58. The average Bonchev–Trinajstić information content (AvgIpc) is 2.37. The van der Waals surface area contributed by atoms with Crippen molar-refractivity contribution in [3.63, 3.8) is 0 Å². The molecule has 0 aliphatic rings. The first-order valence-corrected chi connectivity index (χ1v) is 7.19. The minimum atomic E-state index is -0.481. The molecule has 2 aromatic rings. The maximum atomic E-state index is 13.3. The van der Waals surface area contributed by atoms with Gasteiger partial charge in [-0.15, -0.1) is 0 Å². The number of nitrogens with one attached hydrogen (secondary N) is 1. The molecule has 0 atom stereocenters. The van der Waals surface area contributed by atoms with E-state index < -0.39 is 11.7 Å². The number of anilines is 1. The summed E-state index contributed by atoms with van der Waals surface area (Å²) in [6.07, 6.45) is 0. The van der Waals surface area contributed by atoms with E-state index in [2.05, 4.69) is 37.2 Å². The Bertz CT molecular complexity index is 641. The van der Waals surface area contributed by atoms with Gasteiger partial charge in [-0.05, 0) is 36.4 Å². The fourth-order valence-corrected chi connectivity index (χ4v) is 2.48. The van der Waals surface area contributed by atoms with Gasteiger partial charge in [-0.3, -0.25) is 4.79 Å². The number of benzene rings is 2. The number of hydrogen-bond acceptors (Lipinski definition) is 2. The van der Waals surface area contributed by atoms with E-state index in [0.29, 0.717) is 15.9 Å². The molecule has 2 aromatic carbocycles. The second kappa shape index (κ2) is 6.37. The van der Waals surface area contributed by atoms with Gasteiger partial charge >= 0.3 is 0 Å². The molecule has 0 aromatic heterocycles. The molecule has 0 aliphatic carbocycles. The predicted octanol–water partition coefficient (Wildman–Crippen LogP) is 4.61. The van der Waals surface area contributed by atoms with Crippen LogP contribution in [-0.4, -0.2) is 13.0 Å². The topological polar surface area (TPSA) is 38.3 Å². The molecule has 0 radical (unpaired) electrons. The van der Waals surface area contributed by atoms with E-state index in [0.717, 1.165) is 4.47 Å². The molecular formula is C14H10Br2FNO2. The van der Waals surface area contributed by atoms with E-state index >= 15 is 0 Å². The molecule has 0 unspecified atom stereocenters. The second-order valence-electron chi connectivity index (χ2n) is 3.96. The lowest BCUT2D eigenvalue weighted by molar-refractivity contribution is 0.102. The number of amides is 1. The summed E-state index contributed by atoms with van der Waals surface area (Å²) in [5, 5.41) is 2.69. The highest BCUT2D eigenvalue weighted by Crippen LogP contribution is 2.28. The molecule has 0 heterocycles. The van der Waals surface area contributed by atoms with Crippen molar-refractivity contribution < 1.29 is 13.9 Å². The van der Waals surface area contributed by atoms with Crippen molar-refractivity contribution in [1.29, 1.82) is 0 Å². The Morgan fingerprint density at radius 1 is 1.15 bits per heavy atom. The van der Waals surface area contributed by atoms with E-state index in [1.807, 2.05) is 0 Å². The summed E-state index contributed by atoms with van der Waals surface area (Å²) >= 11 is 6.47. The van der Waals surface area contributed by atoms with Crippen molar-refractivity contribution in [2.24, 2.45) is 0 Å². The van der Waals surface area contributed by atoms with Gasteiger partial charge in [0.2, 0.25) is 0 Å². The zero-order valence-electron chi connectivity index (χ0n) is 10.4. The van der Waals surface area contributed by atoms with Crippen LogP contribution in [0.2, 0.25) is 0 Å². The monoisotopic (exact) mass is 401 g/mol. The Labute approximate surface area is 132 Å². The van der Waals surface area contributed by atoms with Crippen LogP contribution in [0, 0.1) is 5.82 Å². The third-order valence-corrected chi connectivity index (χ3v) is 3.49.